The van der Waals surface area contributed by atoms with E-state index in [1.165, 1.54) is 5.56 Å². The Morgan fingerprint density at radius 2 is 1.75 bits per heavy atom. The highest BCUT2D eigenvalue weighted by Crippen LogP contribution is 2.31. The van der Waals surface area contributed by atoms with Crippen LogP contribution in [0, 0.1) is 0 Å². The summed E-state index contributed by atoms with van der Waals surface area (Å²) in [5.41, 5.74) is 1.99. The van der Waals surface area contributed by atoms with Crippen molar-refractivity contribution < 1.29 is 5.11 Å². The molecule has 1 atom stereocenters. The monoisotopic (exact) mass is 432 g/mol. The zero-order chi connectivity index (χ0) is 22.6. The maximum Gasteiger partial charge on any atom is 0.173 e. The van der Waals surface area contributed by atoms with E-state index in [9.17, 15) is 5.11 Å². The van der Waals surface area contributed by atoms with E-state index in [2.05, 4.69) is 82.5 Å². The first-order chi connectivity index (χ1) is 15.4. The maximum absolute atomic E-state index is 10.1. The number of hydrogen-bond donors (Lipinski definition) is 1. The van der Waals surface area contributed by atoms with Crippen LogP contribution in [0.15, 0.2) is 60.7 Å². The molecule has 1 aromatic heterocycles. The molecule has 2 aromatic carbocycles. The molecule has 2 heterocycles. The van der Waals surface area contributed by atoms with Crippen LogP contribution in [0.3, 0.4) is 0 Å². The first kappa shape index (κ1) is 22.2. The van der Waals surface area contributed by atoms with Crippen molar-refractivity contribution in [1.29, 1.82) is 0 Å². The normalized spacial score (nSPS) is 17.1. The topological polar surface area (TPSA) is 70.3 Å². The largest absolute Gasteiger partial charge is 0.508 e. The van der Waals surface area contributed by atoms with E-state index in [0.29, 0.717) is 0 Å². The van der Waals surface area contributed by atoms with Gasteiger partial charge >= 0.3 is 0 Å². The molecule has 1 aliphatic rings. The summed E-state index contributed by atoms with van der Waals surface area (Å²) in [6.45, 7) is 11.0. The van der Waals surface area contributed by atoms with E-state index < -0.39 is 0 Å². The van der Waals surface area contributed by atoms with Gasteiger partial charge < -0.3 is 5.11 Å². The number of phenolic OH excluding ortho intramolecular Hbond substituents is 1. The van der Waals surface area contributed by atoms with Crippen molar-refractivity contribution in [2.24, 2.45) is 0 Å². The quantitative estimate of drug-likeness (QED) is 0.642. The molecule has 7 nitrogen and oxygen atoms in total. The van der Waals surface area contributed by atoms with Gasteiger partial charge in [-0.3, -0.25) is 9.80 Å². The fraction of sp³-hybridized carbons (Fsp3) is 0.400. The lowest BCUT2D eigenvalue weighted by Crippen LogP contribution is -2.48. The molecule has 3 aromatic rings. The van der Waals surface area contributed by atoms with Gasteiger partial charge in [0.15, 0.2) is 5.82 Å². The van der Waals surface area contributed by atoms with Crippen LogP contribution in [0.4, 0.5) is 0 Å². The van der Waals surface area contributed by atoms with Gasteiger partial charge in [-0.2, -0.15) is 0 Å². The number of benzene rings is 2. The molecular formula is C25H32N6O. The molecule has 32 heavy (non-hydrogen) atoms. The molecule has 7 heteroatoms. The van der Waals surface area contributed by atoms with E-state index in [4.69, 9.17) is 0 Å². The Morgan fingerprint density at radius 1 is 1.00 bits per heavy atom. The van der Waals surface area contributed by atoms with Crippen LogP contribution in [0.2, 0.25) is 0 Å². The number of phenols is 1. The van der Waals surface area contributed by atoms with Gasteiger partial charge in [-0.15, -0.1) is 5.10 Å². The summed E-state index contributed by atoms with van der Waals surface area (Å²) in [5.74, 6) is 1.06. The smallest absolute Gasteiger partial charge is 0.173 e. The summed E-state index contributed by atoms with van der Waals surface area (Å²) in [4.78, 5) is 4.88. The first-order valence-corrected chi connectivity index (χ1v) is 11.2. The zero-order valence-electron chi connectivity index (χ0n) is 19.1. The molecule has 0 bridgehead atoms. The van der Waals surface area contributed by atoms with Crippen molar-refractivity contribution >= 4 is 6.08 Å². The molecule has 1 N–H and O–H groups in total. The first-order valence-electron chi connectivity index (χ1n) is 11.2. The molecule has 4 rings (SSSR count). The molecule has 1 aliphatic heterocycles. The standard InChI is InChI=1S/C25H32N6O/c1-25(2,3)31-24(26-27-28-31)23(21-12-7-13-22(32)19-21)30-17-15-29(16-18-30)14-8-11-20-9-5-4-6-10-20/h4-13,19,23,32H,14-18H2,1-3H3. The number of aromatic hydroxyl groups is 1. The predicted molar refractivity (Wildman–Crippen MR) is 126 cm³/mol. The minimum Gasteiger partial charge on any atom is -0.508 e. The fourth-order valence-corrected chi connectivity index (χ4v) is 4.17. The third-order valence-electron chi connectivity index (χ3n) is 5.81. The third kappa shape index (κ3) is 5.23. The summed E-state index contributed by atoms with van der Waals surface area (Å²) in [6, 6.07) is 17.7. The van der Waals surface area contributed by atoms with Gasteiger partial charge in [0, 0.05) is 32.7 Å². The fourth-order valence-electron chi connectivity index (χ4n) is 4.17. The van der Waals surface area contributed by atoms with E-state index in [1.54, 1.807) is 6.07 Å². The molecule has 1 fully saturated rings. The lowest BCUT2D eigenvalue weighted by atomic mass is 10.0. The van der Waals surface area contributed by atoms with Gasteiger partial charge in [0.05, 0.1) is 11.6 Å². The molecule has 0 aliphatic carbocycles. The Balaban J connectivity index is 1.50. The lowest BCUT2D eigenvalue weighted by molar-refractivity contribution is 0.110. The van der Waals surface area contributed by atoms with Gasteiger partial charge in [-0.05, 0) is 54.5 Å². The van der Waals surface area contributed by atoms with Crippen molar-refractivity contribution in [2.75, 3.05) is 32.7 Å². The third-order valence-corrected chi connectivity index (χ3v) is 5.81. The maximum atomic E-state index is 10.1. The van der Waals surface area contributed by atoms with E-state index in [-0.39, 0.29) is 17.3 Å². The summed E-state index contributed by atoms with van der Waals surface area (Å²) >= 11 is 0. The molecule has 0 amide bonds. The average molecular weight is 433 g/mol. The lowest BCUT2D eigenvalue weighted by Gasteiger charge is -2.39. The van der Waals surface area contributed by atoms with Crippen molar-refractivity contribution in [3.05, 3.63) is 77.6 Å². The average Bonchev–Trinajstić information content (AvgIpc) is 3.26. The predicted octanol–water partition coefficient (Wildman–Crippen LogP) is 3.55. The highest BCUT2D eigenvalue weighted by atomic mass is 16.3. The van der Waals surface area contributed by atoms with Gasteiger partial charge in [0.2, 0.25) is 0 Å². The molecule has 1 unspecified atom stereocenters. The van der Waals surface area contributed by atoms with Crippen molar-refractivity contribution in [3.8, 4) is 5.75 Å². The van der Waals surface area contributed by atoms with Crippen LogP contribution < -0.4 is 0 Å². The van der Waals surface area contributed by atoms with Crippen LogP contribution in [-0.2, 0) is 5.54 Å². The summed E-state index contributed by atoms with van der Waals surface area (Å²) in [6.07, 6.45) is 4.41. The van der Waals surface area contributed by atoms with E-state index in [0.717, 1.165) is 44.1 Å². The van der Waals surface area contributed by atoms with Gasteiger partial charge in [-0.1, -0.05) is 54.6 Å². The molecule has 1 saturated heterocycles. The van der Waals surface area contributed by atoms with Gasteiger partial charge in [0.25, 0.3) is 0 Å². The van der Waals surface area contributed by atoms with Crippen LogP contribution >= 0.6 is 0 Å². The van der Waals surface area contributed by atoms with Crippen molar-refractivity contribution in [1.82, 2.24) is 30.0 Å². The molecule has 0 spiro atoms. The molecule has 0 saturated carbocycles. The van der Waals surface area contributed by atoms with Crippen LogP contribution in [0.1, 0.15) is 43.8 Å². The number of tetrazole rings is 1. The Hall–Kier alpha value is -3.03. The Labute approximate surface area is 190 Å². The van der Waals surface area contributed by atoms with E-state index >= 15 is 0 Å². The second-order valence-electron chi connectivity index (χ2n) is 9.27. The van der Waals surface area contributed by atoms with Gasteiger partial charge in [-0.25, -0.2) is 4.68 Å². The van der Waals surface area contributed by atoms with Gasteiger partial charge in [0.1, 0.15) is 5.75 Å². The highest BCUT2D eigenvalue weighted by Gasteiger charge is 2.33. The minimum atomic E-state index is -0.238. The Kier molecular flexibility index (Phi) is 6.67. The number of aromatic nitrogens is 4. The summed E-state index contributed by atoms with van der Waals surface area (Å²) < 4.78 is 1.90. The number of rotatable bonds is 6. The summed E-state index contributed by atoms with van der Waals surface area (Å²) in [5, 5.41) is 22.8. The second-order valence-corrected chi connectivity index (χ2v) is 9.27. The highest BCUT2D eigenvalue weighted by molar-refractivity contribution is 5.48. The Morgan fingerprint density at radius 3 is 2.44 bits per heavy atom. The second kappa shape index (κ2) is 9.63. The summed E-state index contributed by atoms with van der Waals surface area (Å²) in [7, 11) is 0. The van der Waals surface area contributed by atoms with Crippen molar-refractivity contribution in [2.45, 2.75) is 32.4 Å². The number of piperazine rings is 1. The Bertz CT molecular complexity index is 1030. The van der Waals surface area contributed by atoms with E-state index in [1.807, 2.05) is 28.9 Å². The van der Waals surface area contributed by atoms with Crippen molar-refractivity contribution in [3.63, 3.8) is 0 Å². The number of nitrogens with zero attached hydrogens (tertiary/aromatic N) is 6. The molecule has 0 radical (unpaired) electrons. The van der Waals surface area contributed by atoms with Crippen LogP contribution in [0.5, 0.6) is 5.75 Å². The van der Waals surface area contributed by atoms with Crippen LogP contribution in [-0.4, -0.2) is 67.8 Å². The number of hydrogen-bond acceptors (Lipinski definition) is 6. The molecule has 168 valence electrons. The van der Waals surface area contributed by atoms with Crippen LogP contribution in [0.25, 0.3) is 6.08 Å². The minimum absolute atomic E-state index is 0.113. The SMILES string of the molecule is CC(C)(C)n1nnnc1C(c1cccc(O)c1)N1CCN(CC=Cc2ccccc2)CC1. The molecular weight excluding hydrogens is 400 g/mol. The zero-order valence-corrected chi connectivity index (χ0v) is 19.1.